The number of likely N-dealkylation sites (tertiary alicyclic amines) is 2. The topological polar surface area (TPSA) is 82.6 Å². The van der Waals surface area contributed by atoms with Crippen molar-refractivity contribution in [3.63, 3.8) is 0 Å². The highest BCUT2D eigenvalue weighted by Crippen LogP contribution is 2.19. The molecule has 1 aromatic rings. The number of hydrogen-bond acceptors (Lipinski definition) is 5. The van der Waals surface area contributed by atoms with E-state index in [2.05, 4.69) is 22.6 Å². The van der Waals surface area contributed by atoms with Gasteiger partial charge in [0, 0.05) is 57.4 Å². The van der Waals surface area contributed by atoms with E-state index >= 15 is 0 Å². The molecule has 3 rings (SSSR count). The van der Waals surface area contributed by atoms with Crippen LogP contribution in [0, 0.1) is 5.92 Å². The zero-order chi connectivity index (χ0) is 19.9. The van der Waals surface area contributed by atoms with E-state index in [1.54, 1.807) is 16.2 Å². The highest BCUT2D eigenvalue weighted by molar-refractivity contribution is 7.09. The highest BCUT2D eigenvalue weighted by atomic mass is 32.1. The number of carbonyl (C=O) groups excluding carboxylic acids is 3. The number of carbonyl (C=O) groups is 3. The van der Waals surface area contributed by atoms with E-state index in [-0.39, 0.29) is 23.6 Å². The largest absolute Gasteiger partial charge is 0.355 e. The van der Waals surface area contributed by atoms with Crippen LogP contribution in [0.5, 0.6) is 0 Å². The van der Waals surface area contributed by atoms with Gasteiger partial charge in [0.05, 0.1) is 16.6 Å². The Kier molecular flexibility index (Phi) is 7.42. The monoisotopic (exact) mass is 406 g/mol. The van der Waals surface area contributed by atoms with Crippen LogP contribution in [0.15, 0.2) is 5.38 Å². The van der Waals surface area contributed by atoms with Crippen LogP contribution in [-0.4, -0.2) is 65.2 Å². The van der Waals surface area contributed by atoms with Crippen LogP contribution >= 0.6 is 11.3 Å². The molecule has 0 radical (unpaired) electrons. The summed E-state index contributed by atoms with van der Waals surface area (Å²) in [4.78, 5) is 44.6. The van der Waals surface area contributed by atoms with Gasteiger partial charge < -0.3 is 15.1 Å². The third-order valence-electron chi connectivity index (χ3n) is 5.50. The first-order chi connectivity index (χ1) is 13.6. The summed E-state index contributed by atoms with van der Waals surface area (Å²) < 4.78 is 0. The molecule has 1 aromatic heterocycles. The van der Waals surface area contributed by atoms with E-state index in [1.807, 2.05) is 4.90 Å². The molecular weight excluding hydrogens is 376 g/mol. The lowest BCUT2D eigenvalue weighted by atomic mass is 9.96. The van der Waals surface area contributed by atoms with Crippen molar-refractivity contribution in [2.75, 3.05) is 32.7 Å². The van der Waals surface area contributed by atoms with E-state index in [9.17, 15) is 14.4 Å². The molecule has 2 aliphatic heterocycles. The molecule has 1 N–H and O–H groups in total. The van der Waals surface area contributed by atoms with Crippen molar-refractivity contribution < 1.29 is 14.4 Å². The minimum absolute atomic E-state index is 0.0273. The average Bonchev–Trinajstić information content (AvgIpc) is 3.32. The predicted molar refractivity (Wildman–Crippen MR) is 108 cm³/mol. The number of piperidine rings is 1. The van der Waals surface area contributed by atoms with E-state index in [1.165, 1.54) is 0 Å². The van der Waals surface area contributed by atoms with Gasteiger partial charge in [-0.1, -0.05) is 6.92 Å². The van der Waals surface area contributed by atoms with E-state index < -0.39 is 0 Å². The maximum absolute atomic E-state index is 12.5. The minimum Gasteiger partial charge on any atom is -0.355 e. The first-order valence-corrected chi connectivity index (χ1v) is 11.2. The first-order valence-electron chi connectivity index (χ1n) is 10.3. The number of aromatic nitrogens is 1. The molecule has 1 atom stereocenters. The van der Waals surface area contributed by atoms with Gasteiger partial charge in [0.25, 0.3) is 0 Å². The Morgan fingerprint density at radius 2 is 2.04 bits per heavy atom. The van der Waals surface area contributed by atoms with Crippen molar-refractivity contribution in [3.05, 3.63) is 16.1 Å². The lowest BCUT2D eigenvalue weighted by molar-refractivity contribution is -0.138. The lowest BCUT2D eigenvalue weighted by Crippen LogP contribution is -2.46. The molecule has 8 heteroatoms. The first kappa shape index (κ1) is 20.8. The number of nitrogens with one attached hydrogen (secondary N) is 1. The molecule has 2 fully saturated rings. The zero-order valence-electron chi connectivity index (χ0n) is 16.6. The van der Waals surface area contributed by atoms with Gasteiger partial charge in [-0.3, -0.25) is 14.4 Å². The highest BCUT2D eigenvalue weighted by Gasteiger charge is 2.30. The van der Waals surface area contributed by atoms with Gasteiger partial charge in [-0.15, -0.1) is 11.3 Å². The number of rotatable bonds is 9. The standard InChI is InChI=1S/C20H30N4O3S/c1-2-16-14-28-17(22-16)8-9-21-20(27)15-6-7-19(26)24(13-15)12-4-11-23-10-3-5-18(23)25/h14-15H,2-13H2,1H3,(H,21,27)/t15-/m1/s1. The Morgan fingerprint density at radius 1 is 1.25 bits per heavy atom. The van der Waals surface area contributed by atoms with Gasteiger partial charge in [0.15, 0.2) is 0 Å². The van der Waals surface area contributed by atoms with Crippen molar-refractivity contribution in [2.24, 2.45) is 5.92 Å². The summed E-state index contributed by atoms with van der Waals surface area (Å²) in [6.45, 7) is 5.29. The summed E-state index contributed by atoms with van der Waals surface area (Å²) >= 11 is 1.64. The Hall–Kier alpha value is -1.96. The molecular formula is C20H30N4O3S. The normalized spacial score (nSPS) is 20.1. The predicted octanol–water partition coefficient (Wildman–Crippen LogP) is 1.62. The summed E-state index contributed by atoms with van der Waals surface area (Å²) in [7, 11) is 0. The number of thiazole rings is 1. The Morgan fingerprint density at radius 3 is 2.75 bits per heavy atom. The lowest BCUT2D eigenvalue weighted by Gasteiger charge is -2.32. The molecule has 3 amide bonds. The average molecular weight is 407 g/mol. The second kappa shape index (κ2) is 10.0. The van der Waals surface area contributed by atoms with Crippen LogP contribution < -0.4 is 5.32 Å². The fourth-order valence-electron chi connectivity index (χ4n) is 3.80. The summed E-state index contributed by atoms with van der Waals surface area (Å²) in [5.41, 5.74) is 1.10. The fraction of sp³-hybridized carbons (Fsp3) is 0.700. The number of amides is 3. The van der Waals surface area contributed by atoms with Crippen LogP contribution in [0.25, 0.3) is 0 Å². The molecule has 0 spiro atoms. The SMILES string of the molecule is CCc1csc(CCNC(=O)[C@@H]2CCC(=O)N(CCCN3CCCC3=O)C2)n1. The van der Waals surface area contributed by atoms with Crippen molar-refractivity contribution in [2.45, 2.75) is 51.9 Å². The summed E-state index contributed by atoms with van der Waals surface area (Å²) in [5.74, 6) is 0.216. The van der Waals surface area contributed by atoms with Crippen LogP contribution in [0.4, 0.5) is 0 Å². The van der Waals surface area contributed by atoms with E-state index in [0.29, 0.717) is 45.4 Å². The molecule has 0 aromatic carbocycles. The molecule has 0 bridgehead atoms. The molecule has 7 nitrogen and oxygen atoms in total. The third kappa shape index (κ3) is 5.53. The summed E-state index contributed by atoms with van der Waals surface area (Å²) in [6, 6.07) is 0. The van der Waals surface area contributed by atoms with Crippen LogP contribution in [0.1, 0.15) is 49.7 Å². The molecule has 2 saturated heterocycles. The Bertz CT molecular complexity index is 705. The molecule has 0 unspecified atom stereocenters. The molecule has 0 aliphatic carbocycles. The molecule has 3 heterocycles. The van der Waals surface area contributed by atoms with Crippen molar-refractivity contribution in [3.8, 4) is 0 Å². The van der Waals surface area contributed by atoms with Gasteiger partial charge in [-0.05, 0) is 25.7 Å². The molecule has 0 saturated carbocycles. The molecule has 2 aliphatic rings. The van der Waals surface area contributed by atoms with Gasteiger partial charge in [-0.25, -0.2) is 4.98 Å². The summed E-state index contributed by atoms with van der Waals surface area (Å²) in [5, 5.41) is 6.12. The smallest absolute Gasteiger partial charge is 0.224 e. The summed E-state index contributed by atoms with van der Waals surface area (Å²) in [6.07, 6.45) is 5.07. The van der Waals surface area contributed by atoms with Gasteiger partial charge in [0.2, 0.25) is 17.7 Å². The number of aryl methyl sites for hydroxylation is 1. The van der Waals surface area contributed by atoms with Gasteiger partial charge >= 0.3 is 0 Å². The molecule has 28 heavy (non-hydrogen) atoms. The van der Waals surface area contributed by atoms with Gasteiger partial charge in [-0.2, -0.15) is 0 Å². The van der Waals surface area contributed by atoms with Crippen molar-refractivity contribution in [1.29, 1.82) is 0 Å². The van der Waals surface area contributed by atoms with Gasteiger partial charge in [0.1, 0.15) is 0 Å². The van der Waals surface area contributed by atoms with E-state index in [4.69, 9.17) is 0 Å². The Labute approximate surface area is 170 Å². The Balaban J connectivity index is 1.39. The van der Waals surface area contributed by atoms with Crippen LogP contribution in [0.3, 0.4) is 0 Å². The number of hydrogen-bond donors (Lipinski definition) is 1. The van der Waals surface area contributed by atoms with E-state index in [0.717, 1.165) is 42.9 Å². The quantitative estimate of drug-likeness (QED) is 0.676. The van der Waals surface area contributed by atoms with Crippen LogP contribution in [-0.2, 0) is 27.2 Å². The van der Waals surface area contributed by atoms with Crippen molar-refractivity contribution in [1.82, 2.24) is 20.1 Å². The zero-order valence-corrected chi connectivity index (χ0v) is 17.4. The van der Waals surface area contributed by atoms with Crippen LogP contribution in [0.2, 0.25) is 0 Å². The second-order valence-corrected chi connectivity index (χ2v) is 8.48. The molecule has 154 valence electrons. The fourth-order valence-corrected chi connectivity index (χ4v) is 4.68. The second-order valence-electron chi connectivity index (χ2n) is 7.54. The van der Waals surface area contributed by atoms with Crippen molar-refractivity contribution >= 4 is 29.1 Å². The minimum atomic E-state index is -0.145. The number of nitrogens with zero attached hydrogens (tertiary/aromatic N) is 3. The maximum atomic E-state index is 12.5. The maximum Gasteiger partial charge on any atom is 0.224 e. The third-order valence-corrected chi connectivity index (χ3v) is 6.46.